The van der Waals surface area contributed by atoms with Gasteiger partial charge >= 0.3 is 207 Å². The Morgan fingerprint density at radius 3 is 1.65 bits per heavy atom. The summed E-state index contributed by atoms with van der Waals surface area (Å²) in [4.78, 5) is 17.1. The summed E-state index contributed by atoms with van der Waals surface area (Å²) in [5.41, 5.74) is 0. The molecule has 0 saturated heterocycles. The maximum absolute atomic E-state index is 12.8. The number of imidazole rings is 1. The van der Waals surface area contributed by atoms with Gasteiger partial charge in [0.25, 0.3) is 0 Å². The van der Waals surface area contributed by atoms with E-state index in [0.717, 1.165) is 31.8 Å². The van der Waals surface area contributed by atoms with Crippen LogP contribution >= 0.6 is 20.8 Å². The van der Waals surface area contributed by atoms with Crippen LogP contribution in [0.15, 0.2) is 110 Å². The van der Waals surface area contributed by atoms with Gasteiger partial charge in [0.05, 0.1) is 6.33 Å². The first kappa shape index (κ1) is 38.1. The van der Waals surface area contributed by atoms with Crippen molar-refractivity contribution in [3.63, 3.8) is 0 Å². The maximum atomic E-state index is 12.8. The molecule has 1 unspecified atom stereocenters. The number of ether oxygens (including phenoxy) is 1. The molecule has 0 bridgehead atoms. The first-order chi connectivity index (χ1) is 23.6. The minimum absolute atomic E-state index is 0.0741. The normalized spacial score (nSPS) is 13.1. The fourth-order valence-electron chi connectivity index (χ4n) is 7.12. The molecule has 3 aromatic carbocycles. The zero-order chi connectivity index (χ0) is 33.8. The van der Waals surface area contributed by atoms with Gasteiger partial charge in [-0.05, 0) is 6.42 Å². The van der Waals surface area contributed by atoms with E-state index in [1.54, 1.807) is 0 Å². The van der Waals surface area contributed by atoms with E-state index >= 15 is 0 Å². The molecule has 0 saturated carbocycles. The molecule has 6 heteroatoms. The smallest absolute Gasteiger partial charge is 0.0948 e. The molecule has 0 fully saturated rings. The maximum Gasteiger partial charge on any atom is 0.0948 e. The van der Waals surface area contributed by atoms with Crippen molar-refractivity contribution < 1.29 is 9.53 Å². The average molecular weight is 734 g/mol. The van der Waals surface area contributed by atoms with E-state index < -0.39 is 5.31 Å². The molecular formula is C42H58BrN2O2P. The van der Waals surface area contributed by atoms with E-state index in [0.29, 0.717) is 19.1 Å². The number of hydrogen-bond donors (Lipinski definition) is 0. The van der Waals surface area contributed by atoms with Crippen LogP contribution in [-0.2, 0) is 9.53 Å². The summed E-state index contributed by atoms with van der Waals surface area (Å²) in [6.45, 7) is 2.71. The Morgan fingerprint density at radius 1 is 0.688 bits per heavy atom. The number of halogens is 1. The minimum atomic E-state index is -2.99. The van der Waals surface area contributed by atoms with Crippen molar-refractivity contribution in [2.45, 2.75) is 116 Å². The van der Waals surface area contributed by atoms with Crippen molar-refractivity contribution >= 4 is 42.7 Å². The number of hydrogen-bond acceptors (Lipinski definition) is 3. The number of rotatable bonds is 24. The first-order valence-electron chi connectivity index (χ1n) is 18.6. The molecule has 4 aromatic rings. The molecule has 4 rings (SSSR count). The van der Waals surface area contributed by atoms with Gasteiger partial charge in [0.15, 0.2) is 0 Å². The van der Waals surface area contributed by atoms with Crippen LogP contribution in [0.25, 0.3) is 0 Å². The van der Waals surface area contributed by atoms with E-state index in [4.69, 9.17) is 4.74 Å². The van der Waals surface area contributed by atoms with Gasteiger partial charge in [0.1, 0.15) is 0 Å². The van der Waals surface area contributed by atoms with Gasteiger partial charge in [-0.15, -0.1) is 0 Å². The predicted octanol–water partition coefficient (Wildman–Crippen LogP) is 11.1. The number of esters is 1. The van der Waals surface area contributed by atoms with Crippen molar-refractivity contribution in [1.29, 1.82) is 0 Å². The second-order valence-electron chi connectivity index (χ2n) is 13.4. The van der Waals surface area contributed by atoms with Crippen LogP contribution in [0.3, 0.4) is 0 Å². The van der Waals surface area contributed by atoms with Gasteiger partial charge in [-0.1, -0.05) is 58.3 Å². The van der Waals surface area contributed by atoms with Crippen LogP contribution in [-0.4, -0.2) is 28.3 Å². The van der Waals surface area contributed by atoms with E-state index in [1.165, 1.54) is 86.5 Å². The Hall–Kier alpha value is -2.75. The Morgan fingerprint density at radius 2 is 1.17 bits per heavy atom. The van der Waals surface area contributed by atoms with Crippen LogP contribution in [0.2, 0.25) is 0 Å². The molecule has 0 radical (unpaired) electrons. The summed E-state index contributed by atoms with van der Waals surface area (Å²) in [6.07, 6.45) is 25.7. The van der Waals surface area contributed by atoms with Crippen molar-refractivity contribution in [3.05, 3.63) is 110 Å². The van der Waals surface area contributed by atoms with Gasteiger partial charge in [-0.25, -0.2) is 4.98 Å². The van der Waals surface area contributed by atoms with Crippen molar-refractivity contribution in [1.82, 2.24) is 9.55 Å². The quantitative estimate of drug-likeness (QED) is 0.0409. The van der Waals surface area contributed by atoms with Crippen LogP contribution in [0.5, 0.6) is 0 Å². The fourth-order valence-corrected chi connectivity index (χ4v) is 14.8. The third kappa shape index (κ3) is 10.9. The van der Waals surface area contributed by atoms with Crippen LogP contribution in [0, 0.1) is 0 Å². The largest absolute Gasteiger partial charge is 0.334 e. The fraction of sp³-hybridized carbons (Fsp3) is 0.476. The summed E-state index contributed by atoms with van der Waals surface area (Å²) >= 11 is 4.49. The zero-order valence-corrected chi connectivity index (χ0v) is 31.7. The summed E-state index contributed by atoms with van der Waals surface area (Å²) < 4.78 is 8.13. The number of unbranched alkanes of at least 4 members (excludes halogenated alkanes) is 10. The molecule has 0 aliphatic heterocycles. The number of benzene rings is 3. The molecule has 1 aromatic heterocycles. The topological polar surface area (TPSA) is 44.1 Å². The molecule has 1 heterocycles. The van der Waals surface area contributed by atoms with Crippen molar-refractivity contribution in [2.24, 2.45) is 0 Å². The molecule has 0 aliphatic rings. The minimum Gasteiger partial charge on any atom is -0.334 e. The number of carbonyl (C=O) groups excluding carboxylic acids is 1. The number of carbonyl (C=O) groups is 1. The Bertz CT molecular complexity index is 1320. The third-order valence-corrected chi connectivity index (χ3v) is 19.9. The van der Waals surface area contributed by atoms with Gasteiger partial charge in [-0.2, -0.15) is 0 Å². The average Bonchev–Trinajstić information content (AvgIpc) is 3.68. The molecular weight excluding hydrogens is 675 g/mol. The Balaban J connectivity index is 1.20. The SMILES string of the molecule is CCCCCCCCCCC(CCCCCCC(=O)OCCCP(Br)(c1ccccc1)(c1ccccc1)c1ccccc1)n1ccnc1. The zero-order valence-electron chi connectivity index (χ0n) is 29.2. The number of aromatic nitrogens is 2. The van der Waals surface area contributed by atoms with Crippen molar-refractivity contribution in [2.75, 3.05) is 12.8 Å². The second kappa shape index (κ2) is 20.7. The second-order valence-corrected chi connectivity index (χ2v) is 22.4. The van der Waals surface area contributed by atoms with E-state index in [1.807, 2.05) is 12.5 Å². The summed E-state index contributed by atoms with van der Waals surface area (Å²) in [5, 5.41) is 0.889. The van der Waals surface area contributed by atoms with E-state index in [-0.39, 0.29) is 5.97 Å². The van der Waals surface area contributed by atoms with Crippen LogP contribution < -0.4 is 15.9 Å². The molecule has 0 aliphatic carbocycles. The van der Waals surface area contributed by atoms with Crippen LogP contribution in [0.4, 0.5) is 0 Å². The summed E-state index contributed by atoms with van der Waals surface area (Å²) in [6, 6.07) is 33.0. The summed E-state index contributed by atoms with van der Waals surface area (Å²) in [7, 11) is 0. The molecule has 48 heavy (non-hydrogen) atoms. The van der Waals surface area contributed by atoms with Gasteiger partial charge in [0.2, 0.25) is 0 Å². The molecule has 4 nitrogen and oxygen atoms in total. The van der Waals surface area contributed by atoms with Crippen molar-refractivity contribution in [3.8, 4) is 0 Å². The predicted molar refractivity (Wildman–Crippen MR) is 211 cm³/mol. The molecule has 0 N–H and O–H groups in total. The van der Waals surface area contributed by atoms with Crippen LogP contribution in [0.1, 0.15) is 116 Å². The third-order valence-electron chi connectivity index (χ3n) is 9.87. The van der Waals surface area contributed by atoms with Gasteiger partial charge < -0.3 is 4.57 Å². The van der Waals surface area contributed by atoms with Gasteiger partial charge in [-0.3, -0.25) is 0 Å². The first-order valence-corrected chi connectivity index (χ1v) is 23.0. The number of nitrogens with zero attached hydrogens (tertiary/aromatic N) is 2. The van der Waals surface area contributed by atoms with E-state index in [9.17, 15) is 4.79 Å². The monoisotopic (exact) mass is 732 g/mol. The molecule has 1 atom stereocenters. The summed E-state index contributed by atoms with van der Waals surface area (Å²) in [5.74, 6) is -0.0741. The Kier molecular flexibility index (Phi) is 16.4. The standard InChI is InChI=1S/C42H58BrN2O2P/c1-2-3-4-5-6-7-8-14-24-38(45-34-33-44-37-45)25-15-9-10-22-32-42(46)47-35-23-36-48(43,39-26-16-11-17-27-39,40-28-18-12-19-29-40)41-30-20-13-21-31-41/h11-13,16-21,26-31,33-34,37-38H,2-10,14-15,22-25,32,35-36H2,1H3. The van der Waals surface area contributed by atoms with Gasteiger partial charge in [0, 0.05) is 12.4 Å². The molecule has 260 valence electrons. The molecule has 0 spiro atoms. The molecule has 0 amide bonds. The Labute approximate surface area is 298 Å². The van der Waals surface area contributed by atoms with E-state index in [2.05, 4.69) is 129 Å².